The van der Waals surface area contributed by atoms with Gasteiger partial charge in [-0.3, -0.25) is 4.79 Å². The number of anilines is 2. The van der Waals surface area contributed by atoms with Crippen molar-refractivity contribution in [1.82, 2.24) is 4.90 Å². The average molecular weight is 310 g/mol. The number of rotatable bonds is 2. The molecule has 0 bridgehead atoms. The lowest BCUT2D eigenvalue weighted by Gasteiger charge is -2.38. The Labute approximate surface area is 130 Å². The van der Waals surface area contributed by atoms with Crippen molar-refractivity contribution < 1.29 is 9.53 Å². The summed E-state index contributed by atoms with van der Waals surface area (Å²) in [6, 6.07) is 8.47. The van der Waals surface area contributed by atoms with Gasteiger partial charge in [0.25, 0.3) is 0 Å². The fourth-order valence-electron chi connectivity index (χ4n) is 2.93. The maximum Gasteiger partial charge on any atom is 0.316 e. The minimum Gasteiger partial charge on any atom is -0.378 e. The number of halogens is 1. The van der Waals surface area contributed by atoms with Crippen molar-refractivity contribution in [3.63, 3.8) is 0 Å². The fraction of sp³-hybridized carbons (Fsp3) is 0.533. The number of para-hydroxylation sites is 2. The number of carbonyl (C=O) groups excluding carboxylic acids is 1. The molecule has 2 aliphatic rings. The Balaban J connectivity index is 1.75. The third-order valence-electron chi connectivity index (χ3n) is 4.10. The van der Waals surface area contributed by atoms with E-state index < -0.39 is 0 Å². The minimum absolute atomic E-state index is 0.351. The van der Waals surface area contributed by atoms with Crippen LogP contribution in [0.5, 0.6) is 0 Å². The molecule has 1 aromatic carbocycles. The summed E-state index contributed by atoms with van der Waals surface area (Å²) in [6.45, 7) is 6.42. The molecule has 0 N–H and O–H groups in total. The maximum absolute atomic E-state index is 11.2. The van der Waals surface area contributed by atoms with Gasteiger partial charge in [0.05, 0.1) is 24.6 Å². The SMILES string of the molecule is O=C(Cl)N1CCN(c2ccccc2N2CCOCC2)CC1. The Bertz CT molecular complexity index is 497. The molecule has 0 unspecified atom stereocenters. The molecule has 0 aromatic heterocycles. The monoisotopic (exact) mass is 309 g/mol. The average Bonchev–Trinajstić information content (AvgIpc) is 2.56. The van der Waals surface area contributed by atoms with Crippen LogP contribution in [-0.2, 0) is 4.74 Å². The third kappa shape index (κ3) is 3.24. The minimum atomic E-state index is -0.351. The number of ether oxygens (including phenoxy) is 1. The van der Waals surface area contributed by atoms with Crippen molar-refractivity contribution in [2.75, 3.05) is 62.3 Å². The number of carbonyl (C=O) groups is 1. The number of amides is 1. The van der Waals surface area contributed by atoms with Crippen LogP contribution in [0, 0.1) is 0 Å². The highest BCUT2D eigenvalue weighted by Crippen LogP contribution is 2.30. The zero-order chi connectivity index (χ0) is 14.7. The second kappa shape index (κ2) is 6.54. The highest BCUT2D eigenvalue weighted by Gasteiger charge is 2.23. The molecule has 0 saturated carbocycles. The number of hydrogen-bond acceptors (Lipinski definition) is 4. The van der Waals surface area contributed by atoms with Crippen LogP contribution < -0.4 is 9.80 Å². The number of piperazine rings is 1. The van der Waals surface area contributed by atoms with Gasteiger partial charge >= 0.3 is 5.37 Å². The van der Waals surface area contributed by atoms with Gasteiger partial charge in [-0.25, -0.2) is 0 Å². The Hall–Kier alpha value is -1.46. The van der Waals surface area contributed by atoms with Crippen molar-refractivity contribution in [3.8, 4) is 0 Å². The van der Waals surface area contributed by atoms with Gasteiger partial charge in [0.15, 0.2) is 0 Å². The normalized spacial score (nSPS) is 19.8. The maximum atomic E-state index is 11.2. The first-order valence-corrected chi connectivity index (χ1v) is 7.74. The Kier molecular flexibility index (Phi) is 4.51. The molecule has 3 rings (SSSR count). The molecule has 0 spiro atoms. The van der Waals surface area contributed by atoms with Gasteiger partial charge in [0.2, 0.25) is 0 Å². The molecule has 5 nitrogen and oxygen atoms in total. The number of morpholine rings is 1. The molecule has 1 aromatic rings. The first-order valence-electron chi connectivity index (χ1n) is 7.37. The first-order chi connectivity index (χ1) is 10.3. The molecule has 2 saturated heterocycles. The van der Waals surface area contributed by atoms with Gasteiger partial charge < -0.3 is 19.4 Å². The van der Waals surface area contributed by atoms with E-state index in [2.05, 4.69) is 34.1 Å². The van der Waals surface area contributed by atoms with E-state index >= 15 is 0 Å². The van der Waals surface area contributed by atoms with Gasteiger partial charge in [-0.2, -0.15) is 0 Å². The van der Waals surface area contributed by atoms with Crippen molar-refractivity contribution in [3.05, 3.63) is 24.3 Å². The van der Waals surface area contributed by atoms with Crippen LogP contribution in [0.2, 0.25) is 0 Å². The van der Waals surface area contributed by atoms with E-state index in [9.17, 15) is 4.79 Å². The standard InChI is InChI=1S/C15H20ClN3O2/c16-15(20)19-7-5-17(6-8-19)13-3-1-2-4-14(13)18-9-11-21-12-10-18/h1-4H,5-12H2. The number of nitrogens with zero attached hydrogens (tertiary/aromatic N) is 3. The van der Waals surface area contributed by atoms with E-state index in [4.69, 9.17) is 16.3 Å². The smallest absolute Gasteiger partial charge is 0.316 e. The second-order valence-corrected chi connectivity index (χ2v) is 5.64. The molecule has 114 valence electrons. The zero-order valence-electron chi connectivity index (χ0n) is 12.0. The van der Waals surface area contributed by atoms with Gasteiger partial charge in [-0.05, 0) is 23.7 Å². The molecular weight excluding hydrogens is 290 g/mol. The first kappa shape index (κ1) is 14.5. The molecule has 6 heteroatoms. The van der Waals surface area contributed by atoms with Crippen LogP contribution in [0.3, 0.4) is 0 Å². The summed E-state index contributed by atoms with van der Waals surface area (Å²) in [4.78, 5) is 17.6. The second-order valence-electron chi connectivity index (χ2n) is 5.32. The summed E-state index contributed by atoms with van der Waals surface area (Å²) in [5, 5.41) is -0.351. The largest absolute Gasteiger partial charge is 0.378 e. The predicted molar refractivity (Wildman–Crippen MR) is 84.5 cm³/mol. The van der Waals surface area contributed by atoms with E-state index in [0.717, 1.165) is 39.4 Å². The zero-order valence-corrected chi connectivity index (χ0v) is 12.8. The van der Waals surface area contributed by atoms with Crippen LogP contribution in [0.4, 0.5) is 16.2 Å². The summed E-state index contributed by atoms with van der Waals surface area (Å²) in [6.07, 6.45) is 0. The van der Waals surface area contributed by atoms with Crippen molar-refractivity contribution >= 4 is 28.3 Å². The van der Waals surface area contributed by atoms with E-state index in [1.807, 2.05) is 0 Å². The summed E-state index contributed by atoms with van der Waals surface area (Å²) < 4.78 is 5.43. The van der Waals surface area contributed by atoms with Crippen molar-refractivity contribution in [1.29, 1.82) is 0 Å². The van der Waals surface area contributed by atoms with Crippen molar-refractivity contribution in [2.45, 2.75) is 0 Å². The molecule has 2 aliphatic heterocycles. The van der Waals surface area contributed by atoms with Gasteiger partial charge in [0.1, 0.15) is 0 Å². The Morgan fingerprint density at radius 2 is 1.43 bits per heavy atom. The van der Waals surface area contributed by atoms with Crippen LogP contribution in [0.1, 0.15) is 0 Å². The summed E-state index contributed by atoms with van der Waals surface area (Å²) in [7, 11) is 0. The molecule has 0 aliphatic carbocycles. The van der Waals surface area contributed by atoms with Gasteiger partial charge in [-0.15, -0.1) is 0 Å². The molecule has 1 amide bonds. The molecule has 0 radical (unpaired) electrons. The van der Waals surface area contributed by atoms with E-state index in [1.165, 1.54) is 11.4 Å². The third-order valence-corrected chi connectivity index (χ3v) is 4.34. The predicted octanol–water partition coefficient (Wildman–Crippen LogP) is 2.00. The molecule has 2 heterocycles. The van der Waals surface area contributed by atoms with Gasteiger partial charge in [0, 0.05) is 39.3 Å². The Morgan fingerprint density at radius 1 is 0.905 bits per heavy atom. The lowest BCUT2D eigenvalue weighted by Crippen LogP contribution is -2.48. The topological polar surface area (TPSA) is 36.0 Å². The molecule has 21 heavy (non-hydrogen) atoms. The van der Waals surface area contributed by atoms with E-state index in [0.29, 0.717) is 13.1 Å². The van der Waals surface area contributed by atoms with Crippen LogP contribution >= 0.6 is 11.6 Å². The van der Waals surface area contributed by atoms with Crippen molar-refractivity contribution in [2.24, 2.45) is 0 Å². The summed E-state index contributed by atoms with van der Waals surface area (Å²) in [5.41, 5.74) is 2.49. The van der Waals surface area contributed by atoms with Crippen LogP contribution in [-0.4, -0.2) is 62.7 Å². The van der Waals surface area contributed by atoms with E-state index in [1.54, 1.807) is 4.90 Å². The lowest BCUT2D eigenvalue weighted by molar-refractivity contribution is 0.122. The molecule has 2 fully saturated rings. The number of hydrogen-bond donors (Lipinski definition) is 0. The summed E-state index contributed by atoms with van der Waals surface area (Å²) in [5.74, 6) is 0. The molecular formula is C15H20ClN3O2. The highest BCUT2D eigenvalue weighted by atomic mass is 35.5. The lowest BCUT2D eigenvalue weighted by atomic mass is 10.2. The van der Waals surface area contributed by atoms with Crippen LogP contribution in [0.25, 0.3) is 0 Å². The summed E-state index contributed by atoms with van der Waals surface area (Å²) >= 11 is 5.55. The van der Waals surface area contributed by atoms with Gasteiger partial charge in [-0.1, -0.05) is 12.1 Å². The highest BCUT2D eigenvalue weighted by molar-refractivity contribution is 6.62. The van der Waals surface area contributed by atoms with E-state index in [-0.39, 0.29) is 5.37 Å². The number of benzene rings is 1. The Morgan fingerprint density at radius 3 is 1.95 bits per heavy atom. The fourth-order valence-corrected chi connectivity index (χ4v) is 3.10. The van der Waals surface area contributed by atoms with Crippen LogP contribution in [0.15, 0.2) is 24.3 Å². The molecule has 0 atom stereocenters. The quantitative estimate of drug-likeness (QED) is 0.618.